The maximum Gasteiger partial charge on any atom is 0.421 e. The third kappa shape index (κ3) is 4.09. The van der Waals surface area contributed by atoms with Crippen LogP contribution in [-0.2, 0) is 11.2 Å². The number of hydrogen-bond acceptors (Lipinski definition) is 4. The molecule has 1 rings (SSSR count). The van der Waals surface area contributed by atoms with E-state index >= 15 is 0 Å². The van der Waals surface area contributed by atoms with Crippen molar-refractivity contribution < 1.29 is 9.53 Å². The molecule has 0 saturated carbocycles. The largest absolute Gasteiger partial charge is 0.443 e. The Morgan fingerprint density at radius 3 is 2.71 bits per heavy atom. The number of nitrogens with zero attached hydrogens (tertiary/aromatic N) is 2. The van der Waals surface area contributed by atoms with Crippen LogP contribution in [-0.4, -0.2) is 21.2 Å². The van der Waals surface area contributed by atoms with Gasteiger partial charge < -0.3 is 10.5 Å². The summed E-state index contributed by atoms with van der Waals surface area (Å²) in [5.41, 5.74) is 5.98. The lowest BCUT2D eigenvalue weighted by atomic mass is 10.2. The zero-order valence-electron chi connectivity index (χ0n) is 11.0. The molecule has 0 spiro atoms. The van der Waals surface area contributed by atoms with E-state index in [1.165, 1.54) is 4.57 Å². The predicted octanol–water partition coefficient (Wildman–Crippen LogP) is 2.59. The lowest BCUT2D eigenvalue weighted by Crippen LogP contribution is -2.27. The number of imidazole rings is 1. The number of carbonyl (C=O) groups excluding carboxylic acids is 1. The van der Waals surface area contributed by atoms with Gasteiger partial charge in [-0.25, -0.2) is 14.3 Å². The van der Waals surface area contributed by atoms with E-state index in [9.17, 15) is 4.79 Å². The summed E-state index contributed by atoms with van der Waals surface area (Å²) in [5, 5.41) is 0. The zero-order valence-corrected chi connectivity index (χ0v) is 11.0. The number of aromatic nitrogens is 2. The van der Waals surface area contributed by atoms with Crippen molar-refractivity contribution in [1.82, 2.24) is 9.55 Å². The van der Waals surface area contributed by atoms with Crippen LogP contribution in [0.3, 0.4) is 0 Å². The first-order valence-corrected chi connectivity index (χ1v) is 5.90. The van der Waals surface area contributed by atoms with Gasteiger partial charge in [0, 0.05) is 6.20 Å². The Hall–Kier alpha value is -1.52. The second-order valence-electron chi connectivity index (χ2n) is 5.04. The second-order valence-corrected chi connectivity index (χ2v) is 5.04. The highest BCUT2D eigenvalue weighted by atomic mass is 16.6. The van der Waals surface area contributed by atoms with Crippen molar-refractivity contribution in [2.45, 2.75) is 52.6 Å². The average molecular weight is 239 g/mol. The van der Waals surface area contributed by atoms with Crippen molar-refractivity contribution in [2.75, 3.05) is 5.73 Å². The fraction of sp³-hybridized carbons (Fsp3) is 0.667. The average Bonchev–Trinajstić information content (AvgIpc) is 2.54. The van der Waals surface area contributed by atoms with E-state index in [-0.39, 0.29) is 5.95 Å². The summed E-state index contributed by atoms with van der Waals surface area (Å²) in [5.74, 6) is 0.186. The Morgan fingerprint density at radius 1 is 1.53 bits per heavy atom. The Balaban J connectivity index is 2.77. The Labute approximate surface area is 102 Å². The summed E-state index contributed by atoms with van der Waals surface area (Å²) < 4.78 is 6.49. The number of ether oxygens (including phenoxy) is 1. The van der Waals surface area contributed by atoms with Crippen LogP contribution < -0.4 is 5.73 Å². The lowest BCUT2D eigenvalue weighted by Gasteiger charge is -2.19. The van der Waals surface area contributed by atoms with Crippen molar-refractivity contribution in [3.05, 3.63) is 11.9 Å². The highest BCUT2D eigenvalue weighted by Crippen LogP contribution is 2.13. The topological polar surface area (TPSA) is 70.1 Å². The third-order valence-corrected chi connectivity index (χ3v) is 2.16. The lowest BCUT2D eigenvalue weighted by molar-refractivity contribution is 0.0540. The Kier molecular flexibility index (Phi) is 4.15. The van der Waals surface area contributed by atoms with E-state index in [2.05, 4.69) is 11.9 Å². The molecule has 1 aromatic rings. The molecule has 1 heterocycles. The van der Waals surface area contributed by atoms with Crippen LogP contribution in [0.4, 0.5) is 10.7 Å². The van der Waals surface area contributed by atoms with Crippen molar-refractivity contribution in [2.24, 2.45) is 0 Å². The van der Waals surface area contributed by atoms with Crippen LogP contribution in [0.15, 0.2) is 6.20 Å². The molecule has 0 fully saturated rings. The van der Waals surface area contributed by atoms with Gasteiger partial charge in [-0.2, -0.15) is 0 Å². The SMILES string of the molecule is CCCCc1cn(C(=O)OC(C)(C)C)c(N)n1. The first-order chi connectivity index (χ1) is 7.83. The number of hydrogen-bond donors (Lipinski definition) is 1. The van der Waals surface area contributed by atoms with Crippen LogP contribution in [0.1, 0.15) is 46.2 Å². The molecule has 0 aliphatic rings. The maximum atomic E-state index is 11.8. The van der Waals surface area contributed by atoms with Gasteiger partial charge in [-0.3, -0.25) is 0 Å². The van der Waals surface area contributed by atoms with E-state index in [4.69, 9.17) is 10.5 Å². The minimum Gasteiger partial charge on any atom is -0.443 e. The van der Waals surface area contributed by atoms with Gasteiger partial charge in [-0.1, -0.05) is 13.3 Å². The summed E-state index contributed by atoms with van der Waals surface area (Å²) in [4.78, 5) is 15.9. The van der Waals surface area contributed by atoms with Crippen molar-refractivity contribution in [3.63, 3.8) is 0 Å². The molecule has 0 amide bonds. The molecule has 1 aromatic heterocycles. The van der Waals surface area contributed by atoms with Crippen LogP contribution >= 0.6 is 0 Å². The Bertz CT molecular complexity index is 391. The van der Waals surface area contributed by atoms with E-state index < -0.39 is 11.7 Å². The standard InChI is InChI=1S/C12H21N3O2/c1-5-6-7-9-8-15(10(13)14-9)11(16)17-12(2,3)4/h8H,5-7H2,1-4H3,(H2,13,14). The molecule has 0 aromatic carbocycles. The summed E-state index contributed by atoms with van der Waals surface area (Å²) >= 11 is 0. The number of nitrogens with two attached hydrogens (primary N) is 1. The normalized spacial score (nSPS) is 11.5. The van der Waals surface area contributed by atoms with Crippen molar-refractivity contribution >= 4 is 12.0 Å². The van der Waals surface area contributed by atoms with Crippen molar-refractivity contribution in [1.29, 1.82) is 0 Å². The zero-order chi connectivity index (χ0) is 13.1. The van der Waals surface area contributed by atoms with Crippen LogP contribution in [0.2, 0.25) is 0 Å². The monoisotopic (exact) mass is 239 g/mol. The van der Waals surface area contributed by atoms with Gasteiger partial charge in [-0.05, 0) is 33.6 Å². The van der Waals surface area contributed by atoms with Crippen LogP contribution in [0, 0.1) is 0 Å². The number of nitrogen functional groups attached to an aromatic ring is 1. The molecular weight excluding hydrogens is 218 g/mol. The van der Waals surface area contributed by atoms with Crippen molar-refractivity contribution in [3.8, 4) is 0 Å². The smallest absolute Gasteiger partial charge is 0.421 e. The molecule has 0 saturated heterocycles. The first kappa shape index (κ1) is 13.5. The summed E-state index contributed by atoms with van der Waals surface area (Å²) in [6.07, 6.45) is 4.12. The number of aryl methyl sites for hydroxylation is 1. The molecule has 0 aliphatic carbocycles. The number of anilines is 1. The number of unbranched alkanes of at least 4 members (excludes halogenated alkanes) is 1. The molecule has 0 bridgehead atoms. The van der Waals surface area contributed by atoms with Crippen LogP contribution in [0.25, 0.3) is 0 Å². The highest BCUT2D eigenvalue weighted by Gasteiger charge is 2.20. The van der Waals surface area contributed by atoms with Gasteiger partial charge in [0.15, 0.2) is 0 Å². The quantitative estimate of drug-likeness (QED) is 0.880. The van der Waals surface area contributed by atoms with Gasteiger partial charge in [0.2, 0.25) is 5.95 Å². The minimum atomic E-state index is -0.530. The molecule has 0 aliphatic heterocycles. The molecule has 0 radical (unpaired) electrons. The third-order valence-electron chi connectivity index (χ3n) is 2.16. The maximum absolute atomic E-state index is 11.8. The summed E-state index contributed by atoms with van der Waals surface area (Å²) in [6, 6.07) is 0. The van der Waals surface area contributed by atoms with E-state index in [1.54, 1.807) is 6.20 Å². The highest BCUT2D eigenvalue weighted by molar-refractivity contribution is 5.74. The number of carbonyl (C=O) groups is 1. The second kappa shape index (κ2) is 5.21. The number of rotatable bonds is 3. The van der Waals surface area contributed by atoms with E-state index in [1.807, 2.05) is 20.8 Å². The molecule has 0 unspecified atom stereocenters. The minimum absolute atomic E-state index is 0.186. The molecule has 5 heteroatoms. The van der Waals surface area contributed by atoms with Gasteiger partial charge in [-0.15, -0.1) is 0 Å². The van der Waals surface area contributed by atoms with E-state index in [0.29, 0.717) is 0 Å². The summed E-state index contributed by atoms with van der Waals surface area (Å²) in [7, 11) is 0. The van der Waals surface area contributed by atoms with Crippen LogP contribution in [0.5, 0.6) is 0 Å². The molecule has 0 atom stereocenters. The molecule has 5 nitrogen and oxygen atoms in total. The molecule has 2 N–H and O–H groups in total. The predicted molar refractivity (Wildman–Crippen MR) is 66.9 cm³/mol. The summed E-state index contributed by atoms with van der Waals surface area (Å²) in [6.45, 7) is 7.55. The van der Waals surface area contributed by atoms with Gasteiger partial charge in [0.05, 0.1) is 5.69 Å². The first-order valence-electron chi connectivity index (χ1n) is 5.90. The van der Waals surface area contributed by atoms with Gasteiger partial charge in [0.1, 0.15) is 5.60 Å². The fourth-order valence-corrected chi connectivity index (χ4v) is 1.38. The molecule has 17 heavy (non-hydrogen) atoms. The Morgan fingerprint density at radius 2 is 2.18 bits per heavy atom. The van der Waals surface area contributed by atoms with E-state index in [0.717, 1.165) is 25.0 Å². The fourth-order valence-electron chi connectivity index (χ4n) is 1.38. The molecular formula is C12H21N3O2. The molecule has 96 valence electrons. The van der Waals surface area contributed by atoms with Gasteiger partial charge in [0.25, 0.3) is 0 Å². The van der Waals surface area contributed by atoms with Gasteiger partial charge >= 0.3 is 6.09 Å².